The van der Waals surface area contributed by atoms with Crippen molar-refractivity contribution < 1.29 is 22.1 Å². The zero-order valence-corrected chi connectivity index (χ0v) is 16.6. The van der Waals surface area contributed by atoms with Gasteiger partial charge in [0.05, 0.1) is 6.61 Å². The number of methoxy groups -OCH3 is 1. The monoisotopic (exact) mass is 398 g/mol. The third-order valence-corrected chi connectivity index (χ3v) is 5.38. The Labute approximate surface area is 165 Å². The third kappa shape index (κ3) is 4.71. The molecular formula is C22H22O5S. The molecule has 0 bridgehead atoms. The highest BCUT2D eigenvalue weighted by atomic mass is 32.2. The molecule has 0 unspecified atom stereocenters. The second-order valence-electron chi connectivity index (χ2n) is 6.17. The average molecular weight is 398 g/mol. The normalized spacial score (nSPS) is 11.2. The average Bonchev–Trinajstić information content (AvgIpc) is 2.70. The van der Waals surface area contributed by atoms with E-state index < -0.39 is 10.1 Å². The maximum atomic E-state index is 12.8. The van der Waals surface area contributed by atoms with Crippen LogP contribution in [-0.2, 0) is 14.9 Å². The van der Waals surface area contributed by atoms with E-state index in [1.807, 2.05) is 42.5 Å². The highest BCUT2D eigenvalue weighted by Gasteiger charge is 2.20. The molecule has 0 amide bonds. The fourth-order valence-corrected chi connectivity index (χ4v) is 3.77. The summed E-state index contributed by atoms with van der Waals surface area (Å²) in [5.41, 5.74) is 2.30. The largest absolute Gasteiger partial charge is 0.491 e. The Kier molecular flexibility index (Phi) is 6.34. The van der Waals surface area contributed by atoms with E-state index in [-0.39, 0.29) is 10.6 Å². The molecule has 0 heterocycles. The van der Waals surface area contributed by atoms with Gasteiger partial charge in [-0.15, -0.1) is 0 Å². The molecule has 0 saturated carbocycles. The van der Waals surface area contributed by atoms with Crippen LogP contribution in [-0.4, -0.2) is 28.7 Å². The lowest BCUT2D eigenvalue weighted by atomic mass is 10.1. The van der Waals surface area contributed by atoms with Crippen molar-refractivity contribution in [2.24, 2.45) is 0 Å². The molecule has 3 aromatic rings. The number of benzene rings is 3. The van der Waals surface area contributed by atoms with Gasteiger partial charge in [0.2, 0.25) is 0 Å². The first-order valence-electron chi connectivity index (χ1n) is 8.82. The van der Waals surface area contributed by atoms with Crippen LogP contribution in [0.2, 0.25) is 0 Å². The quantitative estimate of drug-likeness (QED) is 0.414. The Morgan fingerprint density at radius 3 is 2.25 bits per heavy atom. The predicted octanol–water partition coefficient (Wildman–Crippen LogP) is 4.45. The summed E-state index contributed by atoms with van der Waals surface area (Å²) in [4.78, 5) is 0.0759. The van der Waals surface area contributed by atoms with Gasteiger partial charge in [-0.3, -0.25) is 0 Å². The van der Waals surface area contributed by atoms with Crippen molar-refractivity contribution in [1.82, 2.24) is 0 Å². The summed E-state index contributed by atoms with van der Waals surface area (Å²) in [5.74, 6) is 0.896. The van der Waals surface area contributed by atoms with Crippen LogP contribution in [0, 0.1) is 6.92 Å². The maximum Gasteiger partial charge on any atom is 0.339 e. The van der Waals surface area contributed by atoms with Crippen LogP contribution in [0.5, 0.6) is 11.5 Å². The van der Waals surface area contributed by atoms with E-state index in [4.69, 9.17) is 13.7 Å². The van der Waals surface area contributed by atoms with E-state index in [0.717, 1.165) is 5.56 Å². The molecule has 0 aliphatic carbocycles. The Morgan fingerprint density at radius 1 is 0.821 bits per heavy atom. The van der Waals surface area contributed by atoms with E-state index >= 15 is 0 Å². The number of rotatable bonds is 8. The van der Waals surface area contributed by atoms with Crippen molar-refractivity contribution in [1.29, 1.82) is 0 Å². The second kappa shape index (κ2) is 8.91. The fraction of sp³-hybridized carbons (Fsp3) is 0.182. The van der Waals surface area contributed by atoms with E-state index in [2.05, 4.69) is 0 Å². The molecule has 0 aromatic heterocycles. The van der Waals surface area contributed by atoms with E-state index in [9.17, 15) is 8.42 Å². The molecule has 28 heavy (non-hydrogen) atoms. The molecule has 5 nitrogen and oxygen atoms in total. The summed E-state index contributed by atoms with van der Waals surface area (Å²) in [6, 6.07) is 21.2. The molecule has 6 heteroatoms. The van der Waals surface area contributed by atoms with Gasteiger partial charge in [0.1, 0.15) is 17.3 Å². The van der Waals surface area contributed by atoms with Crippen LogP contribution in [0.25, 0.3) is 11.1 Å². The van der Waals surface area contributed by atoms with E-state index in [1.165, 1.54) is 6.07 Å². The van der Waals surface area contributed by atoms with Gasteiger partial charge in [0.25, 0.3) is 0 Å². The van der Waals surface area contributed by atoms with Crippen molar-refractivity contribution in [3.63, 3.8) is 0 Å². The molecule has 0 spiro atoms. The third-order valence-electron chi connectivity index (χ3n) is 4.15. The van der Waals surface area contributed by atoms with Crippen molar-refractivity contribution >= 4 is 10.1 Å². The van der Waals surface area contributed by atoms with Gasteiger partial charge in [0.15, 0.2) is 5.75 Å². The molecule has 3 aromatic carbocycles. The lowest BCUT2D eigenvalue weighted by Crippen LogP contribution is -2.11. The molecule has 0 atom stereocenters. The molecule has 0 N–H and O–H groups in total. The maximum absolute atomic E-state index is 12.8. The summed E-state index contributed by atoms with van der Waals surface area (Å²) in [6.07, 6.45) is 0. The van der Waals surface area contributed by atoms with Crippen LogP contribution < -0.4 is 8.92 Å². The van der Waals surface area contributed by atoms with Gasteiger partial charge in [-0.1, -0.05) is 48.5 Å². The first-order chi connectivity index (χ1) is 13.5. The summed E-state index contributed by atoms with van der Waals surface area (Å²) < 4.78 is 41.7. The van der Waals surface area contributed by atoms with Crippen molar-refractivity contribution in [3.8, 4) is 22.6 Å². The smallest absolute Gasteiger partial charge is 0.339 e. The van der Waals surface area contributed by atoms with Crippen LogP contribution in [0.3, 0.4) is 0 Å². The molecule has 3 rings (SSSR count). The summed E-state index contributed by atoms with van der Waals surface area (Å²) in [7, 11) is -2.39. The molecule has 0 fully saturated rings. The summed E-state index contributed by atoms with van der Waals surface area (Å²) in [6.45, 7) is 2.64. The van der Waals surface area contributed by atoms with Crippen molar-refractivity contribution in [2.45, 2.75) is 11.8 Å². The number of ether oxygens (including phenoxy) is 2. The minimum Gasteiger partial charge on any atom is -0.491 e. The van der Waals surface area contributed by atoms with Gasteiger partial charge in [-0.2, -0.15) is 8.42 Å². The second-order valence-corrected chi connectivity index (χ2v) is 7.71. The van der Waals surface area contributed by atoms with Gasteiger partial charge in [0, 0.05) is 12.7 Å². The highest BCUT2D eigenvalue weighted by molar-refractivity contribution is 7.87. The molecule has 0 radical (unpaired) electrons. The lowest BCUT2D eigenvalue weighted by molar-refractivity contribution is 0.146. The zero-order valence-electron chi connectivity index (χ0n) is 15.8. The lowest BCUT2D eigenvalue weighted by Gasteiger charge is -2.13. The zero-order chi connectivity index (χ0) is 20.0. The molecule has 0 aliphatic rings. The molecular weight excluding hydrogens is 376 g/mol. The minimum atomic E-state index is -3.99. The molecule has 0 aliphatic heterocycles. The SMILES string of the molecule is COCCOc1ccc(S(=O)(=O)Oc2ccccc2-c2ccccc2)cc1C. The van der Waals surface area contributed by atoms with Gasteiger partial charge in [-0.25, -0.2) is 0 Å². The summed E-state index contributed by atoms with van der Waals surface area (Å²) >= 11 is 0. The van der Waals surface area contributed by atoms with E-state index in [0.29, 0.717) is 30.1 Å². The van der Waals surface area contributed by atoms with E-state index in [1.54, 1.807) is 38.3 Å². The Morgan fingerprint density at radius 2 is 1.54 bits per heavy atom. The molecule has 146 valence electrons. The number of hydrogen-bond acceptors (Lipinski definition) is 5. The number of aryl methyl sites for hydroxylation is 1. The first-order valence-corrected chi connectivity index (χ1v) is 10.2. The Balaban J connectivity index is 1.86. The van der Waals surface area contributed by atoms with Crippen molar-refractivity contribution in [2.75, 3.05) is 20.3 Å². The first kappa shape index (κ1) is 19.9. The van der Waals surface area contributed by atoms with Crippen LogP contribution in [0.1, 0.15) is 5.56 Å². The standard InChI is InChI=1S/C22H22O5S/c1-17-16-19(12-13-21(17)26-15-14-25-2)28(23,24)27-22-11-7-6-10-20(22)18-8-4-3-5-9-18/h3-13,16H,14-15H2,1-2H3. The fourth-order valence-electron chi connectivity index (χ4n) is 2.74. The minimum absolute atomic E-state index is 0.0759. The number of hydrogen-bond donors (Lipinski definition) is 0. The predicted molar refractivity (Wildman–Crippen MR) is 108 cm³/mol. The topological polar surface area (TPSA) is 61.8 Å². The number of para-hydroxylation sites is 1. The van der Waals surface area contributed by atoms with Crippen molar-refractivity contribution in [3.05, 3.63) is 78.4 Å². The van der Waals surface area contributed by atoms with Gasteiger partial charge >= 0.3 is 10.1 Å². The van der Waals surface area contributed by atoms with Crippen LogP contribution in [0.4, 0.5) is 0 Å². The van der Waals surface area contributed by atoms with Gasteiger partial charge in [-0.05, 0) is 42.3 Å². The Bertz CT molecular complexity index is 1030. The molecule has 0 saturated heterocycles. The van der Waals surface area contributed by atoms with Crippen LogP contribution >= 0.6 is 0 Å². The highest BCUT2D eigenvalue weighted by Crippen LogP contribution is 2.32. The van der Waals surface area contributed by atoms with Gasteiger partial charge < -0.3 is 13.7 Å². The van der Waals surface area contributed by atoms with Crippen LogP contribution in [0.15, 0.2) is 77.7 Å². The summed E-state index contributed by atoms with van der Waals surface area (Å²) in [5, 5.41) is 0. The Hall–Kier alpha value is -2.83.